The Hall–Kier alpha value is -13.6. The molecule has 7 aromatic heterocycles. The third-order valence-corrected chi connectivity index (χ3v) is 21.7. The second-order valence-corrected chi connectivity index (χ2v) is 27.1. The quantitative estimate of drug-likeness (QED) is 0.116. The zero-order valence-electron chi connectivity index (χ0n) is 54.8. The van der Waals surface area contributed by atoms with Crippen molar-refractivity contribution in [3.8, 4) is 67.3 Å². The Labute approximate surface area is 584 Å². The standard InChI is InChI=1S/C95H54N6O/c1-3-19-64(20-4-1)95(65-21-5-2-6-22-65)80-25-11-9-23-66(80)70-37-43-83-72(89(70)95)39-45-81(98-83)67-35-36-68(82-41-33-57-29-27-55-17-13-47-96-90(55)92(57)100-82)76-53-63-49-62(32-31-61(63)51-75(67)76)74-54-78(85-46-40-73-84(99-85)44-38-71-69-24-10-12-26-87(69)102-94(71)73)77-50-59-15-7-8-16-60(59)52-79(77)88(74)86-42-34-58-30-28-56-18-14-48-97-91(56)93(58)101-86/h1-54H. The number of hydrogen-bond acceptors (Lipinski definition) is 7. The van der Waals surface area contributed by atoms with Crippen molar-refractivity contribution in [2.45, 2.75) is 5.41 Å². The minimum atomic E-state index is -0.587. The third-order valence-electron chi connectivity index (χ3n) is 21.7. The second kappa shape index (κ2) is 21.7. The van der Waals surface area contributed by atoms with Crippen molar-refractivity contribution in [3.05, 3.63) is 350 Å². The van der Waals surface area contributed by atoms with Crippen LogP contribution in [0.5, 0.6) is 0 Å². The molecule has 0 fully saturated rings. The van der Waals surface area contributed by atoms with Gasteiger partial charge in [0.15, 0.2) is 0 Å². The first-order valence-corrected chi connectivity index (χ1v) is 34.7. The SMILES string of the molecule is c1ccc(C2(c3ccccc3)c3ccccc3-c3ccc4nc(-c5ccc(-c6ccc7ccc8cccnc8c7n6)c6cc7cc(-c8cc(-c9ccc%10c(ccc%11c%12ccccc%12oc%10%11)n9)c9cc%10ccccc%10cc9c8-c8ccc9ccc%10cccnc%10c9n8)ccc7cc56)ccc4c32)cc1. The third kappa shape index (κ3) is 8.30. The van der Waals surface area contributed by atoms with Gasteiger partial charge in [-0.15, -0.1) is 0 Å². The van der Waals surface area contributed by atoms with Gasteiger partial charge < -0.3 is 4.42 Å². The maximum atomic E-state index is 6.59. The van der Waals surface area contributed by atoms with Gasteiger partial charge in [0.25, 0.3) is 0 Å². The van der Waals surface area contributed by atoms with Crippen LogP contribution in [0.4, 0.5) is 0 Å². The van der Waals surface area contributed by atoms with Crippen LogP contribution in [-0.2, 0) is 5.41 Å². The highest BCUT2D eigenvalue weighted by Crippen LogP contribution is 2.58. The van der Waals surface area contributed by atoms with Gasteiger partial charge in [-0.3, -0.25) is 9.97 Å². The summed E-state index contributed by atoms with van der Waals surface area (Å²) in [6.07, 6.45) is 3.72. The van der Waals surface area contributed by atoms with Gasteiger partial charge >= 0.3 is 0 Å². The highest BCUT2D eigenvalue weighted by Gasteiger charge is 2.47. The lowest BCUT2D eigenvalue weighted by Crippen LogP contribution is -2.28. The zero-order valence-corrected chi connectivity index (χ0v) is 54.8. The van der Waals surface area contributed by atoms with E-state index in [1.807, 2.05) is 36.7 Å². The van der Waals surface area contributed by atoms with Crippen LogP contribution in [0.3, 0.4) is 0 Å². The van der Waals surface area contributed by atoms with Crippen molar-refractivity contribution >= 4 is 130 Å². The molecule has 0 bridgehead atoms. The summed E-state index contributed by atoms with van der Waals surface area (Å²) >= 11 is 0. The molecular formula is C95H54N6O. The van der Waals surface area contributed by atoms with Gasteiger partial charge in [-0.1, -0.05) is 212 Å². The molecule has 1 aliphatic carbocycles. The van der Waals surface area contributed by atoms with E-state index in [2.05, 4.69) is 291 Å². The van der Waals surface area contributed by atoms with E-state index in [-0.39, 0.29) is 0 Å². The average molecular weight is 1300 g/mol. The Kier molecular flexibility index (Phi) is 12.0. The Morgan fingerprint density at radius 1 is 0.255 bits per heavy atom. The fourth-order valence-corrected chi connectivity index (χ4v) is 17.1. The minimum absolute atomic E-state index is 0.587. The molecule has 0 amide bonds. The predicted molar refractivity (Wildman–Crippen MR) is 420 cm³/mol. The van der Waals surface area contributed by atoms with Crippen molar-refractivity contribution in [1.82, 2.24) is 29.9 Å². The highest BCUT2D eigenvalue weighted by molar-refractivity contribution is 6.19. The first kappa shape index (κ1) is 56.4. The number of fused-ring (bicyclic) bond motifs is 20. The van der Waals surface area contributed by atoms with E-state index in [0.717, 1.165) is 187 Å². The predicted octanol–water partition coefficient (Wildman–Crippen LogP) is 24.2. The van der Waals surface area contributed by atoms with Crippen LogP contribution in [0.15, 0.2) is 332 Å². The van der Waals surface area contributed by atoms with Crippen molar-refractivity contribution < 1.29 is 4.42 Å². The smallest absolute Gasteiger partial charge is 0.144 e. The van der Waals surface area contributed by atoms with Crippen LogP contribution in [0, 0.1) is 0 Å². The fraction of sp³-hybridized carbons (Fsp3) is 0.0105. The van der Waals surface area contributed by atoms with Gasteiger partial charge in [0, 0.05) is 77.7 Å². The summed E-state index contributed by atoms with van der Waals surface area (Å²) in [6, 6.07) is 114. The molecule has 14 aromatic carbocycles. The van der Waals surface area contributed by atoms with E-state index in [4.69, 9.17) is 34.3 Å². The molecule has 0 saturated carbocycles. The largest absolute Gasteiger partial charge is 0.455 e. The second-order valence-electron chi connectivity index (χ2n) is 27.1. The molecule has 0 aliphatic heterocycles. The van der Waals surface area contributed by atoms with Crippen molar-refractivity contribution in [2.75, 3.05) is 0 Å². The molecule has 0 spiro atoms. The van der Waals surface area contributed by atoms with E-state index >= 15 is 0 Å². The summed E-state index contributed by atoms with van der Waals surface area (Å²) in [5.74, 6) is 0. The summed E-state index contributed by atoms with van der Waals surface area (Å²) in [6.45, 7) is 0. The summed E-state index contributed by atoms with van der Waals surface area (Å²) < 4.78 is 6.59. The van der Waals surface area contributed by atoms with Crippen molar-refractivity contribution in [2.24, 2.45) is 0 Å². The first-order valence-electron chi connectivity index (χ1n) is 34.7. The topological polar surface area (TPSA) is 90.5 Å². The summed E-state index contributed by atoms with van der Waals surface area (Å²) in [4.78, 5) is 32.4. The minimum Gasteiger partial charge on any atom is -0.455 e. The van der Waals surface area contributed by atoms with Gasteiger partial charge in [0.05, 0.1) is 61.3 Å². The molecule has 0 radical (unpaired) electrons. The molecule has 0 atom stereocenters. The number of rotatable bonds is 7. The summed E-state index contributed by atoms with van der Waals surface area (Å²) in [5, 5.41) is 17.1. The van der Waals surface area contributed by atoms with Gasteiger partial charge in [-0.25, -0.2) is 19.9 Å². The molecule has 1 aliphatic rings. The molecule has 7 heterocycles. The van der Waals surface area contributed by atoms with Gasteiger partial charge in [-0.2, -0.15) is 0 Å². The molecule has 102 heavy (non-hydrogen) atoms. The Balaban J connectivity index is 0.787. The number of pyridine rings is 6. The molecule has 22 rings (SSSR count). The molecule has 0 saturated heterocycles. The fourth-order valence-electron chi connectivity index (χ4n) is 17.1. The van der Waals surface area contributed by atoms with Crippen LogP contribution in [0.25, 0.3) is 198 Å². The highest BCUT2D eigenvalue weighted by atomic mass is 16.3. The maximum Gasteiger partial charge on any atom is 0.144 e. The summed E-state index contributed by atoms with van der Waals surface area (Å²) in [7, 11) is 0. The van der Waals surface area contributed by atoms with Crippen LogP contribution in [0.1, 0.15) is 22.3 Å². The Bertz CT molecular complexity index is 7170. The lowest BCUT2D eigenvalue weighted by Gasteiger charge is -2.34. The maximum absolute atomic E-state index is 6.59. The number of aromatic nitrogens is 6. The Morgan fingerprint density at radius 3 is 1.46 bits per heavy atom. The molecular weight excluding hydrogens is 1240 g/mol. The van der Waals surface area contributed by atoms with Crippen molar-refractivity contribution in [1.29, 1.82) is 0 Å². The number of para-hydroxylation sites is 1. The van der Waals surface area contributed by atoms with Gasteiger partial charge in [0.1, 0.15) is 11.2 Å². The van der Waals surface area contributed by atoms with Crippen molar-refractivity contribution in [3.63, 3.8) is 0 Å². The van der Waals surface area contributed by atoms with Crippen LogP contribution < -0.4 is 0 Å². The number of benzene rings is 14. The van der Waals surface area contributed by atoms with E-state index in [1.165, 1.54) is 33.4 Å². The van der Waals surface area contributed by atoms with Crippen LogP contribution >= 0.6 is 0 Å². The van der Waals surface area contributed by atoms with E-state index in [0.29, 0.717) is 0 Å². The normalized spacial score (nSPS) is 12.8. The van der Waals surface area contributed by atoms with Crippen LogP contribution in [-0.4, -0.2) is 29.9 Å². The average Bonchev–Trinajstić information content (AvgIpc) is 1.50. The zero-order chi connectivity index (χ0) is 66.7. The first-order chi connectivity index (χ1) is 50.5. The molecule has 21 aromatic rings. The Morgan fingerprint density at radius 2 is 0.745 bits per heavy atom. The van der Waals surface area contributed by atoms with E-state index in [1.54, 1.807) is 0 Å². The number of furan rings is 1. The number of nitrogens with zero attached hydrogens (tertiary/aromatic N) is 6. The monoisotopic (exact) mass is 1290 g/mol. The number of hydrogen-bond donors (Lipinski definition) is 0. The summed E-state index contributed by atoms with van der Waals surface area (Å²) in [5.41, 5.74) is 23.3. The van der Waals surface area contributed by atoms with E-state index < -0.39 is 5.41 Å². The lowest BCUT2D eigenvalue weighted by atomic mass is 9.67. The van der Waals surface area contributed by atoms with Crippen LogP contribution in [0.2, 0.25) is 0 Å². The molecule has 7 nitrogen and oxygen atoms in total. The molecule has 0 unspecified atom stereocenters. The molecule has 0 N–H and O–H groups in total. The molecule has 470 valence electrons. The molecule has 7 heteroatoms. The lowest BCUT2D eigenvalue weighted by molar-refractivity contribution is 0.672. The van der Waals surface area contributed by atoms with Gasteiger partial charge in [-0.05, 0) is 191 Å². The van der Waals surface area contributed by atoms with Gasteiger partial charge in [0.2, 0.25) is 0 Å². The van der Waals surface area contributed by atoms with E-state index in [9.17, 15) is 0 Å².